The van der Waals surface area contributed by atoms with Crippen molar-refractivity contribution in [2.75, 3.05) is 6.61 Å². The van der Waals surface area contributed by atoms with Crippen LogP contribution in [0.4, 0.5) is 17.6 Å². The first-order valence-electron chi connectivity index (χ1n) is 6.56. The molecule has 0 bridgehead atoms. The van der Waals surface area contributed by atoms with Crippen molar-refractivity contribution in [3.63, 3.8) is 0 Å². The molecule has 2 rings (SSSR count). The van der Waals surface area contributed by atoms with Gasteiger partial charge in [-0.25, -0.2) is 9.18 Å². The predicted molar refractivity (Wildman–Crippen MR) is 73.7 cm³/mol. The number of hydrogen-bond donors (Lipinski definition) is 1. The smallest absolute Gasteiger partial charge is 0.433 e. The van der Waals surface area contributed by atoms with E-state index in [0.29, 0.717) is 5.56 Å². The average Bonchev–Trinajstić information content (AvgIpc) is 2.95. The zero-order valence-corrected chi connectivity index (χ0v) is 11.7. The molecular weight excluding hydrogens is 316 g/mol. The first-order valence-corrected chi connectivity index (χ1v) is 6.56. The van der Waals surface area contributed by atoms with Crippen LogP contribution in [0.1, 0.15) is 16.8 Å². The molecule has 0 aliphatic heterocycles. The third kappa shape index (κ3) is 4.94. The predicted octanol–water partition coefficient (Wildman–Crippen LogP) is 3.37. The van der Waals surface area contributed by atoms with Crippen LogP contribution in [-0.2, 0) is 22.1 Å². The Kier molecular flexibility index (Phi) is 5.15. The fourth-order valence-corrected chi connectivity index (χ4v) is 1.79. The van der Waals surface area contributed by atoms with E-state index >= 15 is 0 Å². The lowest BCUT2D eigenvalue weighted by atomic mass is 10.2. The second-order valence-electron chi connectivity index (χ2n) is 4.57. The second kappa shape index (κ2) is 7.08. The number of nitrogens with one attached hydrogen (secondary N) is 1. The van der Waals surface area contributed by atoms with Crippen LogP contribution in [0.2, 0.25) is 0 Å². The van der Waals surface area contributed by atoms with Crippen LogP contribution in [0.5, 0.6) is 0 Å². The molecule has 0 saturated heterocycles. The highest BCUT2D eigenvalue weighted by molar-refractivity contribution is 5.87. The molecule has 0 spiro atoms. The number of ether oxygens (including phenoxy) is 1. The molecule has 1 aromatic heterocycles. The lowest BCUT2D eigenvalue weighted by Crippen LogP contribution is -2.11. The maximum atomic E-state index is 12.7. The summed E-state index contributed by atoms with van der Waals surface area (Å²) >= 11 is 0. The summed E-state index contributed by atoms with van der Waals surface area (Å²) in [6, 6.07) is 5.42. The summed E-state index contributed by atoms with van der Waals surface area (Å²) in [4.78, 5) is 11.5. The van der Waals surface area contributed by atoms with Crippen LogP contribution in [0.3, 0.4) is 0 Å². The number of esters is 1. The van der Waals surface area contributed by atoms with Gasteiger partial charge in [0.1, 0.15) is 11.5 Å². The Balaban J connectivity index is 1.83. The van der Waals surface area contributed by atoms with Gasteiger partial charge in [-0.3, -0.25) is 5.10 Å². The van der Waals surface area contributed by atoms with Gasteiger partial charge in [0.25, 0.3) is 0 Å². The van der Waals surface area contributed by atoms with E-state index in [4.69, 9.17) is 4.74 Å². The van der Waals surface area contributed by atoms with Gasteiger partial charge in [-0.2, -0.15) is 18.3 Å². The second-order valence-corrected chi connectivity index (χ2v) is 4.57. The molecule has 23 heavy (non-hydrogen) atoms. The van der Waals surface area contributed by atoms with E-state index in [2.05, 4.69) is 5.10 Å². The Hall–Kier alpha value is -2.64. The summed E-state index contributed by atoms with van der Waals surface area (Å²) in [6.45, 7) is -0.213. The summed E-state index contributed by atoms with van der Waals surface area (Å²) in [6.07, 6.45) is -1.06. The summed E-state index contributed by atoms with van der Waals surface area (Å²) in [5.74, 6) is -1.10. The first-order chi connectivity index (χ1) is 10.9. The molecule has 0 aliphatic rings. The highest BCUT2D eigenvalue weighted by atomic mass is 19.4. The molecular formula is C15H12F4N2O2. The molecule has 0 atom stereocenters. The van der Waals surface area contributed by atoms with Gasteiger partial charge in [-0.15, -0.1) is 0 Å². The van der Waals surface area contributed by atoms with Gasteiger partial charge in [-0.1, -0.05) is 12.1 Å². The fourth-order valence-electron chi connectivity index (χ4n) is 1.79. The zero-order chi connectivity index (χ0) is 16.9. The number of aromatic nitrogens is 2. The quantitative estimate of drug-likeness (QED) is 0.520. The summed E-state index contributed by atoms with van der Waals surface area (Å²) in [5, 5.41) is 5.21. The number of H-pyrrole nitrogens is 1. The minimum Gasteiger partial charge on any atom is -0.462 e. The SMILES string of the molecule is O=C(/C=C/c1ccc(F)cc1)OCCc1cn[nH]c1C(F)(F)F. The standard InChI is InChI=1S/C15H12F4N2O2/c16-12-4-1-10(2-5-12)3-6-13(22)23-8-7-11-9-20-21-14(11)15(17,18)19/h1-6,9H,7-8H2,(H,20,21)/b6-3+. The lowest BCUT2D eigenvalue weighted by Gasteiger charge is -2.06. The molecule has 0 unspecified atom stereocenters. The van der Waals surface area contributed by atoms with Gasteiger partial charge >= 0.3 is 12.1 Å². The number of carbonyl (C=O) groups excluding carboxylic acids is 1. The maximum absolute atomic E-state index is 12.7. The summed E-state index contributed by atoms with van der Waals surface area (Å²) < 4.78 is 55.3. The molecule has 2 aromatic rings. The minimum atomic E-state index is -4.53. The monoisotopic (exact) mass is 328 g/mol. The molecule has 1 heterocycles. The van der Waals surface area contributed by atoms with Crippen molar-refractivity contribution < 1.29 is 27.1 Å². The molecule has 1 N–H and O–H groups in total. The molecule has 0 fully saturated rings. The van der Waals surface area contributed by atoms with Gasteiger partial charge in [0.15, 0.2) is 0 Å². The van der Waals surface area contributed by atoms with E-state index < -0.39 is 23.7 Å². The lowest BCUT2D eigenvalue weighted by molar-refractivity contribution is -0.141. The third-order valence-electron chi connectivity index (χ3n) is 2.90. The number of carbonyl (C=O) groups is 1. The molecule has 0 saturated carbocycles. The average molecular weight is 328 g/mol. The van der Waals surface area contributed by atoms with Crippen molar-refractivity contribution in [2.24, 2.45) is 0 Å². The Morgan fingerprint density at radius 3 is 2.61 bits per heavy atom. The van der Waals surface area contributed by atoms with E-state index in [0.717, 1.165) is 12.3 Å². The molecule has 0 radical (unpaired) electrons. The molecule has 8 heteroatoms. The van der Waals surface area contributed by atoms with E-state index in [1.54, 1.807) is 0 Å². The number of nitrogens with zero attached hydrogens (tertiary/aromatic N) is 1. The Morgan fingerprint density at radius 1 is 1.26 bits per heavy atom. The number of alkyl halides is 3. The van der Waals surface area contributed by atoms with Crippen molar-refractivity contribution in [2.45, 2.75) is 12.6 Å². The summed E-state index contributed by atoms with van der Waals surface area (Å²) in [7, 11) is 0. The van der Waals surface area contributed by atoms with Crippen LogP contribution >= 0.6 is 0 Å². The Bertz CT molecular complexity index is 690. The third-order valence-corrected chi connectivity index (χ3v) is 2.90. The van der Waals surface area contributed by atoms with Crippen molar-refractivity contribution in [3.8, 4) is 0 Å². The Labute approximate surface area is 128 Å². The summed E-state index contributed by atoms with van der Waals surface area (Å²) in [5.41, 5.74) is -0.430. The van der Waals surface area contributed by atoms with Crippen LogP contribution in [-0.4, -0.2) is 22.8 Å². The molecule has 122 valence electrons. The first kappa shape index (κ1) is 16.7. The number of halogens is 4. The maximum Gasteiger partial charge on any atom is 0.433 e. The highest BCUT2D eigenvalue weighted by Gasteiger charge is 2.35. The van der Waals surface area contributed by atoms with Crippen LogP contribution < -0.4 is 0 Å². The zero-order valence-electron chi connectivity index (χ0n) is 11.7. The number of hydrogen-bond acceptors (Lipinski definition) is 3. The van der Waals surface area contributed by atoms with Crippen molar-refractivity contribution in [3.05, 3.63) is 59.2 Å². The van der Waals surface area contributed by atoms with Gasteiger partial charge in [0, 0.05) is 18.1 Å². The fraction of sp³-hybridized carbons (Fsp3) is 0.200. The molecule has 0 amide bonds. The van der Waals surface area contributed by atoms with Crippen LogP contribution in [0.25, 0.3) is 6.08 Å². The topological polar surface area (TPSA) is 55.0 Å². The minimum absolute atomic E-state index is 0.0761. The van der Waals surface area contributed by atoms with Crippen molar-refractivity contribution in [1.82, 2.24) is 10.2 Å². The number of rotatable bonds is 5. The van der Waals surface area contributed by atoms with Gasteiger partial charge in [0.2, 0.25) is 0 Å². The van der Waals surface area contributed by atoms with E-state index in [1.807, 2.05) is 5.10 Å². The van der Waals surface area contributed by atoms with E-state index in [1.165, 1.54) is 30.3 Å². The van der Waals surface area contributed by atoms with Gasteiger partial charge in [-0.05, 0) is 23.8 Å². The largest absolute Gasteiger partial charge is 0.462 e. The number of aromatic amines is 1. The van der Waals surface area contributed by atoms with Crippen LogP contribution in [0, 0.1) is 5.82 Å². The van der Waals surface area contributed by atoms with E-state index in [-0.39, 0.29) is 18.6 Å². The van der Waals surface area contributed by atoms with Gasteiger partial charge in [0.05, 0.1) is 12.8 Å². The molecule has 1 aromatic carbocycles. The highest BCUT2D eigenvalue weighted by Crippen LogP contribution is 2.30. The number of benzene rings is 1. The molecule has 0 aliphatic carbocycles. The van der Waals surface area contributed by atoms with E-state index in [9.17, 15) is 22.4 Å². The normalized spacial score (nSPS) is 11.8. The van der Waals surface area contributed by atoms with Crippen molar-refractivity contribution >= 4 is 12.0 Å². The molecule has 4 nitrogen and oxygen atoms in total. The Morgan fingerprint density at radius 2 is 1.96 bits per heavy atom. The van der Waals surface area contributed by atoms with Gasteiger partial charge < -0.3 is 4.74 Å². The van der Waals surface area contributed by atoms with Crippen LogP contribution in [0.15, 0.2) is 36.5 Å². The van der Waals surface area contributed by atoms with Crippen molar-refractivity contribution in [1.29, 1.82) is 0 Å².